The van der Waals surface area contributed by atoms with Gasteiger partial charge in [0.25, 0.3) is 0 Å². The number of amides is 2. The highest BCUT2D eigenvalue weighted by atomic mass is 32.2. The maximum Gasteiger partial charge on any atom is 0.250 e. The van der Waals surface area contributed by atoms with Crippen molar-refractivity contribution in [2.75, 3.05) is 16.9 Å². The predicted molar refractivity (Wildman–Crippen MR) is 95.3 cm³/mol. The third kappa shape index (κ3) is 3.13. The Morgan fingerprint density at radius 1 is 1.20 bits per heavy atom. The van der Waals surface area contributed by atoms with E-state index in [9.17, 15) is 9.59 Å². The molecule has 1 aromatic heterocycles. The van der Waals surface area contributed by atoms with Gasteiger partial charge in [0.15, 0.2) is 0 Å². The number of nitrogens with zero attached hydrogens (tertiary/aromatic N) is 4. The molecule has 1 aromatic carbocycles. The number of anilines is 1. The summed E-state index contributed by atoms with van der Waals surface area (Å²) in [5.74, 6) is 1.57. The number of nitrogens with one attached hydrogen (secondary N) is 1. The van der Waals surface area contributed by atoms with Crippen LogP contribution in [0.25, 0.3) is 5.69 Å². The standard InChI is InChI=1S/C17H19N5O2S/c23-15(14-9-25-11-22(14)16(24)12-5-4-6-12)19-17-20-18-10-21(17)13-7-2-1-3-8-13/h1-3,7-8,10,12,14H,4-6,9,11H2,(H,19,20,23). The summed E-state index contributed by atoms with van der Waals surface area (Å²) in [5, 5.41) is 10.7. The minimum Gasteiger partial charge on any atom is -0.320 e. The molecule has 0 bridgehead atoms. The molecule has 2 amide bonds. The van der Waals surface area contributed by atoms with E-state index in [0.29, 0.717) is 17.6 Å². The molecule has 7 nitrogen and oxygen atoms in total. The third-order valence-electron chi connectivity index (χ3n) is 4.74. The van der Waals surface area contributed by atoms with E-state index >= 15 is 0 Å². The van der Waals surface area contributed by atoms with E-state index in [-0.39, 0.29) is 17.7 Å². The molecule has 8 heteroatoms. The van der Waals surface area contributed by atoms with Gasteiger partial charge in [0.2, 0.25) is 17.8 Å². The summed E-state index contributed by atoms with van der Waals surface area (Å²) in [4.78, 5) is 27.0. The minimum absolute atomic E-state index is 0.0990. The summed E-state index contributed by atoms with van der Waals surface area (Å²) in [6.07, 6.45) is 4.55. The van der Waals surface area contributed by atoms with Crippen molar-refractivity contribution in [2.45, 2.75) is 25.3 Å². The van der Waals surface area contributed by atoms with Crippen LogP contribution in [-0.4, -0.2) is 49.2 Å². The molecule has 25 heavy (non-hydrogen) atoms. The van der Waals surface area contributed by atoms with Crippen LogP contribution in [0.15, 0.2) is 36.7 Å². The van der Waals surface area contributed by atoms with Crippen LogP contribution in [0.1, 0.15) is 19.3 Å². The predicted octanol–water partition coefficient (Wildman–Crippen LogP) is 1.91. The number of carbonyl (C=O) groups excluding carboxylic acids is 2. The zero-order valence-electron chi connectivity index (χ0n) is 13.7. The number of thioether (sulfide) groups is 1. The van der Waals surface area contributed by atoms with Gasteiger partial charge < -0.3 is 4.90 Å². The number of hydrogen-bond donors (Lipinski definition) is 1. The van der Waals surface area contributed by atoms with Gasteiger partial charge in [-0.25, -0.2) is 0 Å². The quantitative estimate of drug-likeness (QED) is 0.904. The van der Waals surface area contributed by atoms with Gasteiger partial charge in [-0.2, -0.15) is 0 Å². The normalized spacial score (nSPS) is 20.3. The summed E-state index contributed by atoms with van der Waals surface area (Å²) >= 11 is 1.61. The molecule has 1 saturated heterocycles. The molecule has 1 unspecified atom stereocenters. The number of rotatable bonds is 4. The lowest BCUT2D eigenvalue weighted by Crippen LogP contribution is -2.48. The van der Waals surface area contributed by atoms with Gasteiger partial charge in [-0.1, -0.05) is 24.6 Å². The molecule has 1 N–H and O–H groups in total. The van der Waals surface area contributed by atoms with Crippen molar-refractivity contribution < 1.29 is 9.59 Å². The highest BCUT2D eigenvalue weighted by Crippen LogP contribution is 2.32. The first kappa shape index (κ1) is 16.1. The first-order valence-corrected chi connectivity index (χ1v) is 9.54. The molecule has 130 valence electrons. The van der Waals surface area contributed by atoms with Crippen LogP contribution in [0.3, 0.4) is 0 Å². The number of benzene rings is 1. The van der Waals surface area contributed by atoms with Crippen molar-refractivity contribution in [3.05, 3.63) is 36.7 Å². The van der Waals surface area contributed by atoms with Gasteiger partial charge in [-0.3, -0.25) is 19.5 Å². The molecule has 2 aliphatic rings. The van der Waals surface area contributed by atoms with Crippen molar-refractivity contribution in [1.29, 1.82) is 0 Å². The first-order valence-electron chi connectivity index (χ1n) is 8.38. The Balaban J connectivity index is 1.49. The van der Waals surface area contributed by atoms with E-state index in [1.54, 1.807) is 27.6 Å². The van der Waals surface area contributed by atoms with Crippen LogP contribution in [-0.2, 0) is 9.59 Å². The van der Waals surface area contributed by atoms with Gasteiger partial charge in [-0.15, -0.1) is 22.0 Å². The van der Waals surface area contributed by atoms with Crippen LogP contribution in [0.5, 0.6) is 0 Å². The van der Waals surface area contributed by atoms with Crippen molar-refractivity contribution in [3.63, 3.8) is 0 Å². The van der Waals surface area contributed by atoms with Crippen molar-refractivity contribution in [3.8, 4) is 5.69 Å². The van der Waals surface area contributed by atoms with Crippen LogP contribution in [0.4, 0.5) is 5.95 Å². The summed E-state index contributed by atoms with van der Waals surface area (Å²) in [6.45, 7) is 0. The van der Waals surface area contributed by atoms with E-state index in [2.05, 4.69) is 15.5 Å². The molecule has 0 radical (unpaired) electrons. The zero-order valence-corrected chi connectivity index (χ0v) is 14.5. The van der Waals surface area contributed by atoms with E-state index in [1.165, 1.54) is 0 Å². The van der Waals surface area contributed by atoms with E-state index in [1.807, 2.05) is 30.3 Å². The Kier molecular flexibility index (Phi) is 4.44. The summed E-state index contributed by atoms with van der Waals surface area (Å²) in [5.41, 5.74) is 0.867. The second-order valence-electron chi connectivity index (χ2n) is 6.30. The maximum atomic E-state index is 12.7. The Hall–Kier alpha value is -2.35. The van der Waals surface area contributed by atoms with Gasteiger partial charge >= 0.3 is 0 Å². The Morgan fingerprint density at radius 2 is 2.00 bits per heavy atom. The molecular weight excluding hydrogens is 338 g/mol. The molecule has 1 saturated carbocycles. The van der Waals surface area contributed by atoms with E-state index < -0.39 is 6.04 Å². The number of hydrogen-bond acceptors (Lipinski definition) is 5. The largest absolute Gasteiger partial charge is 0.320 e. The average Bonchev–Trinajstić information content (AvgIpc) is 3.23. The number of para-hydroxylation sites is 1. The smallest absolute Gasteiger partial charge is 0.250 e. The molecule has 1 atom stereocenters. The van der Waals surface area contributed by atoms with Crippen LogP contribution in [0.2, 0.25) is 0 Å². The highest BCUT2D eigenvalue weighted by molar-refractivity contribution is 7.99. The van der Waals surface area contributed by atoms with Gasteiger partial charge in [0.05, 0.1) is 11.6 Å². The molecule has 2 fully saturated rings. The van der Waals surface area contributed by atoms with Crippen molar-refractivity contribution in [1.82, 2.24) is 19.7 Å². The first-order chi connectivity index (χ1) is 12.2. The third-order valence-corrected chi connectivity index (χ3v) is 5.75. The summed E-state index contributed by atoms with van der Waals surface area (Å²) < 4.78 is 1.72. The Morgan fingerprint density at radius 3 is 2.72 bits per heavy atom. The van der Waals surface area contributed by atoms with Crippen molar-refractivity contribution >= 4 is 29.5 Å². The lowest BCUT2D eigenvalue weighted by atomic mass is 9.84. The fourth-order valence-corrected chi connectivity index (χ4v) is 4.22. The van der Waals surface area contributed by atoms with Crippen molar-refractivity contribution in [2.24, 2.45) is 5.92 Å². The average molecular weight is 357 g/mol. The molecule has 2 heterocycles. The highest BCUT2D eigenvalue weighted by Gasteiger charge is 2.39. The minimum atomic E-state index is -0.445. The van der Waals surface area contributed by atoms with Gasteiger partial charge in [-0.05, 0) is 25.0 Å². The van der Waals surface area contributed by atoms with E-state index in [0.717, 1.165) is 24.9 Å². The Bertz CT molecular complexity index is 774. The summed E-state index contributed by atoms with van der Waals surface area (Å²) in [7, 11) is 0. The van der Waals surface area contributed by atoms with Crippen LogP contribution < -0.4 is 5.32 Å². The fraction of sp³-hybridized carbons (Fsp3) is 0.412. The number of carbonyl (C=O) groups is 2. The topological polar surface area (TPSA) is 80.1 Å². The molecule has 1 aliphatic carbocycles. The van der Waals surface area contributed by atoms with Gasteiger partial charge in [0, 0.05) is 11.7 Å². The molecule has 4 rings (SSSR count). The summed E-state index contributed by atoms with van der Waals surface area (Å²) in [6, 6.07) is 9.12. The number of aromatic nitrogens is 3. The van der Waals surface area contributed by atoms with Gasteiger partial charge in [0.1, 0.15) is 12.4 Å². The lowest BCUT2D eigenvalue weighted by molar-refractivity contribution is -0.141. The maximum absolute atomic E-state index is 12.7. The molecule has 2 aromatic rings. The second-order valence-corrected chi connectivity index (χ2v) is 7.30. The zero-order chi connectivity index (χ0) is 17.2. The van der Waals surface area contributed by atoms with Crippen LogP contribution in [0, 0.1) is 5.92 Å². The monoisotopic (exact) mass is 357 g/mol. The fourth-order valence-electron chi connectivity index (χ4n) is 3.06. The SMILES string of the molecule is O=C(Nc1nncn1-c1ccccc1)C1CSCN1C(=O)C1CCC1. The van der Waals surface area contributed by atoms with E-state index in [4.69, 9.17) is 0 Å². The van der Waals surface area contributed by atoms with Crippen LogP contribution >= 0.6 is 11.8 Å². The molecule has 1 aliphatic heterocycles. The molecular formula is C17H19N5O2S. The lowest BCUT2D eigenvalue weighted by Gasteiger charge is -2.31. The molecule has 0 spiro atoms. The second kappa shape index (κ2) is 6.87. The Labute approximate surface area is 149 Å².